The standard InChI is InChI=1S/C9H19N/c1-6-4-8(3)9(10)5-7(6)2/h6-9H,4-5,10H2,1-3H3/t6-,7+,8-,9-/m1/s1. The fourth-order valence-corrected chi connectivity index (χ4v) is 1.89. The van der Waals surface area contributed by atoms with Gasteiger partial charge in [-0.3, -0.25) is 0 Å². The fourth-order valence-electron chi connectivity index (χ4n) is 1.89. The van der Waals surface area contributed by atoms with E-state index in [1.165, 1.54) is 12.8 Å². The zero-order valence-electron chi connectivity index (χ0n) is 7.30. The Morgan fingerprint density at radius 3 is 1.90 bits per heavy atom. The molecule has 1 fully saturated rings. The van der Waals surface area contributed by atoms with Crippen molar-refractivity contribution in [3.8, 4) is 0 Å². The molecule has 1 aliphatic carbocycles. The summed E-state index contributed by atoms with van der Waals surface area (Å²) in [5.74, 6) is 2.46. The lowest BCUT2D eigenvalue weighted by Crippen LogP contribution is -2.37. The van der Waals surface area contributed by atoms with Crippen LogP contribution < -0.4 is 5.73 Å². The molecular weight excluding hydrogens is 122 g/mol. The molecule has 1 nitrogen and oxygen atoms in total. The minimum Gasteiger partial charge on any atom is -0.327 e. The molecule has 10 heavy (non-hydrogen) atoms. The summed E-state index contributed by atoms with van der Waals surface area (Å²) in [5, 5.41) is 0. The normalized spacial score (nSPS) is 49.2. The molecule has 0 aromatic rings. The van der Waals surface area contributed by atoms with E-state index in [0.29, 0.717) is 6.04 Å². The predicted molar refractivity (Wildman–Crippen MR) is 44.7 cm³/mol. The second-order valence-electron chi connectivity index (χ2n) is 4.07. The third-order valence-electron chi connectivity index (χ3n) is 3.09. The Morgan fingerprint density at radius 2 is 1.40 bits per heavy atom. The number of rotatable bonds is 0. The van der Waals surface area contributed by atoms with Gasteiger partial charge in [-0.2, -0.15) is 0 Å². The van der Waals surface area contributed by atoms with E-state index in [1.807, 2.05) is 0 Å². The van der Waals surface area contributed by atoms with Gasteiger partial charge in [-0.1, -0.05) is 20.8 Å². The zero-order valence-corrected chi connectivity index (χ0v) is 7.30. The molecular formula is C9H19N. The summed E-state index contributed by atoms with van der Waals surface area (Å²) in [5.41, 5.74) is 5.93. The van der Waals surface area contributed by atoms with Crippen LogP contribution in [0.4, 0.5) is 0 Å². The summed E-state index contributed by atoms with van der Waals surface area (Å²) in [4.78, 5) is 0. The molecule has 0 amide bonds. The first-order chi connectivity index (χ1) is 4.61. The summed E-state index contributed by atoms with van der Waals surface area (Å²) in [6.07, 6.45) is 2.55. The van der Waals surface area contributed by atoms with E-state index in [9.17, 15) is 0 Å². The lowest BCUT2D eigenvalue weighted by Gasteiger charge is -2.34. The first-order valence-electron chi connectivity index (χ1n) is 4.37. The molecule has 0 heterocycles. The Balaban J connectivity index is 2.46. The molecule has 1 aliphatic rings. The highest BCUT2D eigenvalue weighted by Crippen LogP contribution is 2.31. The van der Waals surface area contributed by atoms with Crippen molar-refractivity contribution in [3.05, 3.63) is 0 Å². The molecule has 0 radical (unpaired) electrons. The van der Waals surface area contributed by atoms with Crippen LogP contribution in [0.2, 0.25) is 0 Å². The zero-order chi connectivity index (χ0) is 7.72. The van der Waals surface area contributed by atoms with Gasteiger partial charge >= 0.3 is 0 Å². The van der Waals surface area contributed by atoms with Crippen LogP contribution in [0.25, 0.3) is 0 Å². The van der Waals surface area contributed by atoms with Gasteiger partial charge in [-0.05, 0) is 30.6 Å². The first-order valence-corrected chi connectivity index (χ1v) is 4.37. The monoisotopic (exact) mass is 141 g/mol. The van der Waals surface area contributed by atoms with Gasteiger partial charge in [0.15, 0.2) is 0 Å². The quantitative estimate of drug-likeness (QED) is 0.548. The molecule has 1 heteroatoms. The van der Waals surface area contributed by atoms with Crippen LogP contribution in [-0.4, -0.2) is 6.04 Å². The van der Waals surface area contributed by atoms with E-state index >= 15 is 0 Å². The van der Waals surface area contributed by atoms with Crippen LogP contribution in [0, 0.1) is 17.8 Å². The maximum Gasteiger partial charge on any atom is 0.00672 e. The third kappa shape index (κ3) is 1.51. The Morgan fingerprint density at radius 1 is 0.900 bits per heavy atom. The lowest BCUT2D eigenvalue weighted by molar-refractivity contribution is 0.192. The van der Waals surface area contributed by atoms with Crippen molar-refractivity contribution in [1.82, 2.24) is 0 Å². The van der Waals surface area contributed by atoms with Crippen molar-refractivity contribution in [3.63, 3.8) is 0 Å². The van der Waals surface area contributed by atoms with Crippen molar-refractivity contribution in [2.45, 2.75) is 39.7 Å². The molecule has 1 saturated carbocycles. The van der Waals surface area contributed by atoms with E-state index in [1.54, 1.807) is 0 Å². The molecule has 0 aromatic heterocycles. The number of hydrogen-bond donors (Lipinski definition) is 1. The summed E-state index contributed by atoms with van der Waals surface area (Å²) in [7, 11) is 0. The van der Waals surface area contributed by atoms with E-state index in [0.717, 1.165) is 17.8 Å². The number of nitrogens with two attached hydrogens (primary N) is 1. The maximum absolute atomic E-state index is 5.93. The van der Waals surface area contributed by atoms with E-state index in [-0.39, 0.29) is 0 Å². The molecule has 1 rings (SSSR count). The summed E-state index contributed by atoms with van der Waals surface area (Å²) >= 11 is 0. The second-order valence-corrected chi connectivity index (χ2v) is 4.07. The van der Waals surface area contributed by atoms with Crippen LogP contribution in [0.5, 0.6) is 0 Å². The van der Waals surface area contributed by atoms with Crippen molar-refractivity contribution >= 4 is 0 Å². The third-order valence-corrected chi connectivity index (χ3v) is 3.09. The molecule has 60 valence electrons. The Hall–Kier alpha value is -0.0400. The van der Waals surface area contributed by atoms with Gasteiger partial charge in [-0.25, -0.2) is 0 Å². The largest absolute Gasteiger partial charge is 0.327 e. The smallest absolute Gasteiger partial charge is 0.00672 e. The summed E-state index contributed by atoms with van der Waals surface area (Å²) < 4.78 is 0. The molecule has 0 saturated heterocycles. The molecule has 2 N–H and O–H groups in total. The molecule has 4 atom stereocenters. The minimum absolute atomic E-state index is 0.464. The van der Waals surface area contributed by atoms with Crippen LogP contribution in [0.3, 0.4) is 0 Å². The summed E-state index contributed by atoms with van der Waals surface area (Å²) in [6.45, 7) is 6.93. The SMILES string of the molecule is C[C@@H]1C[C@@H](C)[C@@H](C)C[C@H]1N. The van der Waals surface area contributed by atoms with Crippen molar-refractivity contribution < 1.29 is 0 Å². The van der Waals surface area contributed by atoms with Gasteiger partial charge in [0.25, 0.3) is 0 Å². The lowest BCUT2D eigenvalue weighted by atomic mass is 9.74. The first kappa shape index (κ1) is 8.06. The van der Waals surface area contributed by atoms with Gasteiger partial charge in [0.05, 0.1) is 0 Å². The minimum atomic E-state index is 0.464. The number of hydrogen-bond acceptors (Lipinski definition) is 1. The highest BCUT2D eigenvalue weighted by molar-refractivity contribution is 4.81. The molecule has 0 aromatic carbocycles. The Labute approximate surface area is 64.0 Å². The van der Waals surface area contributed by atoms with Crippen molar-refractivity contribution in [2.24, 2.45) is 23.5 Å². The molecule has 0 aliphatic heterocycles. The highest BCUT2D eigenvalue weighted by Gasteiger charge is 2.27. The van der Waals surface area contributed by atoms with E-state index in [2.05, 4.69) is 20.8 Å². The van der Waals surface area contributed by atoms with Crippen molar-refractivity contribution in [2.75, 3.05) is 0 Å². The Bertz CT molecular complexity index is 85.3. The topological polar surface area (TPSA) is 26.0 Å². The van der Waals surface area contributed by atoms with Gasteiger partial charge < -0.3 is 5.73 Å². The van der Waals surface area contributed by atoms with E-state index in [4.69, 9.17) is 5.73 Å². The van der Waals surface area contributed by atoms with Gasteiger partial charge in [0.1, 0.15) is 0 Å². The summed E-state index contributed by atoms with van der Waals surface area (Å²) in [6, 6.07) is 0.464. The average Bonchev–Trinajstić information content (AvgIpc) is 1.84. The predicted octanol–water partition coefficient (Wildman–Crippen LogP) is 2.02. The average molecular weight is 141 g/mol. The fraction of sp³-hybridized carbons (Fsp3) is 1.00. The highest BCUT2D eigenvalue weighted by atomic mass is 14.7. The van der Waals surface area contributed by atoms with Crippen LogP contribution in [-0.2, 0) is 0 Å². The molecule has 0 unspecified atom stereocenters. The van der Waals surface area contributed by atoms with Crippen LogP contribution in [0.15, 0.2) is 0 Å². The van der Waals surface area contributed by atoms with Crippen LogP contribution >= 0.6 is 0 Å². The molecule has 0 bridgehead atoms. The van der Waals surface area contributed by atoms with Gasteiger partial charge in [0, 0.05) is 6.04 Å². The van der Waals surface area contributed by atoms with Crippen LogP contribution in [0.1, 0.15) is 33.6 Å². The Kier molecular flexibility index (Phi) is 2.35. The van der Waals surface area contributed by atoms with Crippen molar-refractivity contribution in [1.29, 1.82) is 0 Å². The molecule has 0 spiro atoms. The van der Waals surface area contributed by atoms with E-state index < -0.39 is 0 Å². The van der Waals surface area contributed by atoms with Gasteiger partial charge in [-0.15, -0.1) is 0 Å². The maximum atomic E-state index is 5.93. The second kappa shape index (κ2) is 2.91. The van der Waals surface area contributed by atoms with Gasteiger partial charge in [0.2, 0.25) is 0 Å².